The fourth-order valence-corrected chi connectivity index (χ4v) is 3.95. The summed E-state index contributed by atoms with van der Waals surface area (Å²) in [5.41, 5.74) is 0. The lowest BCUT2D eigenvalue weighted by Gasteiger charge is -2.33. The molecule has 2 heterocycles. The lowest BCUT2D eigenvalue weighted by molar-refractivity contribution is 0.223. The van der Waals surface area contributed by atoms with Crippen LogP contribution >= 0.6 is 11.6 Å². The van der Waals surface area contributed by atoms with Crippen molar-refractivity contribution in [3.05, 3.63) is 17.5 Å². The average molecular weight is 305 g/mol. The largest absolute Gasteiger partial charge is 0.302 e. The summed E-state index contributed by atoms with van der Waals surface area (Å²) in [6.45, 7) is 5.16. The van der Waals surface area contributed by atoms with Gasteiger partial charge in [0.1, 0.15) is 5.82 Å². The average Bonchev–Trinajstić information content (AvgIpc) is 2.26. The van der Waals surface area contributed by atoms with Crippen LogP contribution in [-0.4, -0.2) is 35.8 Å². The van der Waals surface area contributed by atoms with Crippen molar-refractivity contribution in [3.8, 4) is 0 Å². The van der Waals surface area contributed by atoms with Gasteiger partial charge < -0.3 is 0 Å². The minimum atomic E-state index is -3.58. The van der Waals surface area contributed by atoms with Gasteiger partial charge in [-0.1, -0.05) is 13.8 Å². The van der Waals surface area contributed by atoms with Crippen LogP contribution in [0.3, 0.4) is 0 Å². The maximum atomic E-state index is 12.3. The van der Waals surface area contributed by atoms with Crippen LogP contribution in [0.25, 0.3) is 0 Å². The highest BCUT2D eigenvalue weighted by molar-refractivity contribution is 7.90. The number of aromatic nitrogens is 2. The van der Waals surface area contributed by atoms with Gasteiger partial charge in [0.2, 0.25) is 5.28 Å². The van der Waals surface area contributed by atoms with Crippen molar-refractivity contribution in [2.45, 2.75) is 20.3 Å². The van der Waals surface area contributed by atoms with Gasteiger partial charge in [-0.2, -0.15) is 17.7 Å². The third-order valence-electron chi connectivity index (χ3n) is 3.03. The van der Waals surface area contributed by atoms with E-state index in [0.717, 1.165) is 6.42 Å². The number of hydrogen-bond donors (Lipinski definition) is 1. The predicted molar refractivity (Wildman–Crippen MR) is 74.1 cm³/mol. The highest BCUT2D eigenvalue weighted by atomic mass is 35.5. The summed E-state index contributed by atoms with van der Waals surface area (Å²) < 4.78 is 28.4. The second kappa shape index (κ2) is 5.60. The first-order valence-corrected chi connectivity index (χ1v) is 7.95. The second-order valence-electron chi connectivity index (χ2n) is 5.08. The van der Waals surface area contributed by atoms with Crippen molar-refractivity contribution >= 4 is 27.6 Å². The van der Waals surface area contributed by atoms with Crippen LogP contribution in [0.5, 0.6) is 0 Å². The zero-order valence-corrected chi connectivity index (χ0v) is 12.4. The number of hydrogen-bond acceptors (Lipinski definition) is 4. The van der Waals surface area contributed by atoms with E-state index in [2.05, 4.69) is 28.5 Å². The van der Waals surface area contributed by atoms with Crippen LogP contribution in [0.2, 0.25) is 5.28 Å². The van der Waals surface area contributed by atoms with Crippen molar-refractivity contribution in [1.82, 2.24) is 14.3 Å². The molecule has 1 aliphatic heterocycles. The Morgan fingerprint density at radius 3 is 2.58 bits per heavy atom. The van der Waals surface area contributed by atoms with Gasteiger partial charge in [-0.3, -0.25) is 4.72 Å². The molecule has 6 nitrogen and oxygen atoms in total. The topological polar surface area (TPSA) is 75.2 Å². The molecule has 1 N–H and O–H groups in total. The predicted octanol–water partition coefficient (Wildman–Crippen LogP) is 1.76. The highest BCUT2D eigenvalue weighted by Crippen LogP contribution is 2.23. The Morgan fingerprint density at radius 1 is 1.37 bits per heavy atom. The van der Waals surface area contributed by atoms with Gasteiger partial charge in [-0.05, 0) is 35.9 Å². The Hall–Kier alpha value is -0.920. The molecule has 0 aromatic carbocycles. The van der Waals surface area contributed by atoms with Crippen LogP contribution in [0.1, 0.15) is 20.3 Å². The molecule has 2 unspecified atom stereocenters. The number of anilines is 1. The maximum Gasteiger partial charge on any atom is 0.302 e. The normalized spacial score (nSPS) is 25.2. The van der Waals surface area contributed by atoms with E-state index in [0.29, 0.717) is 24.9 Å². The first kappa shape index (κ1) is 14.5. The molecule has 1 aromatic rings. The van der Waals surface area contributed by atoms with Crippen LogP contribution in [0.15, 0.2) is 12.3 Å². The molecule has 1 aromatic heterocycles. The summed E-state index contributed by atoms with van der Waals surface area (Å²) in [4.78, 5) is 7.54. The zero-order valence-electron chi connectivity index (χ0n) is 10.9. The molecule has 0 spiro atoms. The van der Waals surface area contributed by atoms with Gasteiger partial charge in [0.15, 0.2) is 0 Å². The van der Waals surface area contributed by atoms with Crippen molar-refractivity contribution in [2.75, 3.05) is 17.8 Å². The molecule has 0 amide bonds. The lowest BCUT2D eigenvalue weighted by Crippen LogP contribution is -2.45. The SMILES string of the molecule is CC1CC(C)CN(S(=O)(=O)Nc2ccnc(Cl)n2)C1. The van der Waals surface area contributed by atoms with Gasteiger partial charge in [0, 0.05) is 19.3 Å². The molecule has 0 saturated carbocycles. The van der Waals surface area contributed by atoms with Gasteiger partial charge in [-0.25, -0.2) is 4.98 Å². The number of nitrogens with zero attached hydrogens (tertiary/aromatic N) is 3. The third-order valence-corrected chi connectivity index (χ3v) is 4.66. The van der Waals surface area contributed by atoms with E-state index in [4.69, 9.17) is 11.6 Å². The third kappa shape index (κ3) is 3.77. The van der Waals surface area contributed by atoms with E-state index in [-0.39, 0.29) is 11.1 Å². The van der Waals surface area contributed by atoms with E-state index in [1.54, 1.807) is 0 Å². The van der Waals surface area contributed by atoms with Gasteiger partial charge >= 0.3 is 10.2 Å². The second-order valence-corrected chi connectivity index (χ2v) is 7.09. The molecule has 1 fully saturated rings. The van der Waals surface area contributed by atoms with Crippen molar-refractivity contribution in [3.63, 3.8) is 0 Å². The van der Waals surface area contributed by atoms with E-state index in [1.807, 2.05) is 0 Å². The molecular formula is C11H17ClN4O2S. The Bertz CT molecular complexity index is 541. The quantitative estimate of drug-likeness (QED) is 0.864. The number of rotatable bonds is 3. The smallest absolute Gasteiger partial charge is 0.254 e. The fourth-order valence-electron chi connectivity index (χ4n) is 2.39. The first-order chi connectivity index (χ1) is 8.87. The molecule has 19 heavy (non-hydrogen) atoms. The van der Waals surface area contributed by atoms with Gasteiger partial charge in [-0.15, -0.1) is 0 Å². The molecule has 8 heteroatoms. The lowest BCUT2D eigenvalue weighted by atomic mass is 9.94. The Labute approximate surface area is 118 Å². The standard InChI is InChI=1S/C11H17ClN4O2S/c1-8-5-9(2)7-16(6-8)19(17,18)15-10-3-4-13-11(12)14-10/h3-4,8-9H,5-7H2,1-2H3,(H,13,14,15). The molecule has 0 radical (unpaired) electrons. The van der Waals surface area contributed by atoms with E-state index >= 15 is 0 Å². The fraction of sp³-hybridized carbons (Fsp3) is 0.636. The summed E-state index contributed by atoms with van der Waals surface area (Å²) in [6, 6.07) is 1.47. The Balaban J connectivity index is 2.14. The van der Waals surface area contributed by atoms with E-state index in [1.165, 1.54) is 16.6 Å². The van der Waals surface area contributed by atoms with E-state index < -0.39 is 10.2 Å². The van der Waals surface area contributed by atoms with Crippen molar-refractivity contribution in [2.24, 2.45) is 11.8 Å². The molecule has 2 atom stereocenters. The van der Waals surface area contributed by atoms with Gasteiger partial charge in [0.05, 0.1) is 0 Å². The summed E-state index contributed by atoms with van der Waals surface area (Å²) >= 11 is 5.64. The summed E-state index contributed by atoms with van der Waals surface area (Å²) in [7, 11) is -3.58. The van der Waals surface area contributed by atoms with E-state index in [9.17, 15) is 8.42 Å². The minimum Gasteiger partial charge on any atom is -0.254 e. The number of halogens is 1. The summed E-state index contributed by atoms with van der Waals surface area (Å²) in [5.74, 6) is 0.898. The molecule has 1 saturated heterocycles. The summed E-state index contributed by atoms with van der Waals surface area (Å²) in [6.07, 6.45) is 2.46. The molecule has 0 bridgehead atoms. The number of piperidine rings is 1. The Kier molecular flexibility index (Phi) is 4.27. The van der Waals surface area contributed by atoms with Crippen LogP contribution in [0, 0.1) is 11.8 Å². The molecule has 2 rings (SSSR count). The van der Waals surface area contributed by atoms with Crippen LogP contribution in [0.4, 0.5) is 5.82 Å². The van der Waals surface area contributed by atoms with Gasteiger partial charge in [0.25, 0.3) is 0 Å². The molecule has 106 valence electrons. The summed E-state index contributed by atoms with van der Waals surface area (Å²) in [5, 5.41) is 0.0144. The minimum absolute atomic E-state index is 0.0144. The zero-order chi connectivity index (χ0) is 14.0. The maximum absolute atomic E-state index is 12.3. The number of nitrogens with one attached hydrogen (secondary N) is 1. The highest BCUT2D eigenvalue weighted by Gasteiger charge is 2.30. The molecule has 0 aliphatic carbocycles. The monoisotopic (exact) mass is 304 g/mol. The molecule has 1 aliphatic rings. The van der Waals surface area contributed by atoms with Crippen molar-refractivity contribution in [1.29, 1.82) is 0 Å². The van der Waals surface area contributed by atoms with Crippen LogP contribution in [-0.2, 0) is 10.2 Å². The van der Waals surface area contributed by atoms with Crippen molar-refractivity contribution < 1.29 is 8.42 Å². The first-order valence-electron chi connectivity index (χ1n) is 6.13. The Morgan fingerprint density at radius 2 is 2.00 bits per heavy atom. The van der Waals surface area contributed by atoms with Crippen LogP contribution < -0.4 is 4.72 Å². The molecular weight excluding hydrogens is 288 g/mol.